The lowest BCUT2D eigenvalue weighted by Gasteiger charge is -2.09. The van der Waals surface area contributed by atoms with Crippen LogP contribution in [0.3, 0.4) is 0 Å². The lowest BCUT2D eigenvalue weighted by Crippen LogP contribution is -2.12. The van der Waals surface area contributed by atoms with Crippen LogP contribution in [0, 0.1) is 0 Å². The van der Waals surface area contributed by atoms with Crippen molar-refractivity contribution < 1.29 is 27.4 Å². The molecule has 0 saturated heterocycles. The molecule has 0 radical (unpaired) electrons. The second kappa shape index (κ2) is 7.47. The van der Waals surface area contributed by atoms with Crippen LogP contribution in [0.2, 0.25) is 0 Å². The van der Waals surface area contributed by atoms with Crippen molar-refractivity contribution in [2.75, 3.05) is 26.9 Å². The van der Waals surface area contributed by atoms with Gasteiger partial charge in [-0.1, -0.05) is 0 Å². The van der Waals surface area contributed by atoms with E-state index in [0.29, 0.717) is 6.61 Å². The number of hydrogen-bond donors (Lipinski definition) is 0. The maximum atomic E-state index is 11.9. The maximum Gasteiger partial charge on any atom is 0.342 e. The standard InChI is InChI=1S/C12H15ClO6S/c1-3-18-6-7-19-12(14)10-8-9(20(13,15)16)4-5-11(10)17-2/h4-5,8H,3,6-7H2,1-2H3. The molecule has 0 aliphatic rings. The average Bonchev–Trinajstić information content (AvgIpc) is 2.41. The predicted molar refractivity (Wildman–Crippen MR) is 72.8 cm³/mol. The summed E-state index contributed by atoms with van der Waals surface area (Å²) in [4.78, 5) is 11.7. The molecule has 0 fully saturated rings. The van der Waals surface area contributed by atoms with E-state index in [-0.39, 0.29) is 29.4 Å². The van der Waals surface area contributed by atoms with Crippen molar-refractivity contribution >= 4 is 25.7 Å². The number of halogens is 1. The summed E-state index contributed by atoms with van der Waals surface area (Å²) in [5.41, 5.74) is -0.00859. The van der Waals surface area contributed by atoms with Crippen LogP contribution < -0.4 is 4.74 Å². The molecule has 8 heteroatoms. The van der Waals surface area contributed by atoms with Crippen LogP contribution in [0.4, 0.5) is 0 Å². The van der Waals surface area contributed by atoms with Crippen molar-refractivity contribution in [2.24, 2.45) is 0 Å². The van der Waals surface area contributed by atoms with Gasteiger partial charge in [-0.25, -0.2) is 13.2 Å². The molecule has 0 heterocycles. The number of esters is 1. The van der Waals surface area contributed by atoms with E-state index >= 15 is 0 Å². The second-order valence-electron chi connectivity index (χ2n) is 3.63. The summed E-state index contributed by atoms with van der Waals surface area (Å²) in [5, 5.41) is 0. The highest BCUT2D eigenvalue weighted by Gasteiger charge is 2.19. The summed E-state index contributed by atoms with van der Waals surface area (Å²) in [7, 11) is 2.67. The Bertz CT molecular complexity index is 569. The molecule has 20 heavy (non-hydrogen) atoms. The van der Waals surface area contributed by atoms with Gasteiger partial charge in [-0.2, -0.15) is 0 Å². The predicted octanol–water partition coefficient (Wildman–Crippen LogP) is 1.82. The maximum absolute atomic E-state index is 11.9. The van der Waals surface area contributed by atoms with Crippen LogP contribution in [0.5, 0.6) is 5.75 Å². The second-order valence-corrected chi connectivity index (χ2v) is 6.20. The summed E-state index contributed by atoms with van der Waals surface area (Å²) in [6.45, 7) is 2.66. The Morgan fingerprint density at radius 3 is 2.55 bits per heavy atom. The minimum absolute atomic E-state index is 0.00859. The van der Waals surface area contributed by atoms with Crippen LogP contribution in [-0.4, -0.2) is 41.3 Å². The van der Waals surface area contributed by atoms with Crippen molar-refractivity contribution in [2.45, 2.75) is 11.8 Å². The Morgan fingerprint density at radius 1 is 1.30 bits per heavy atom. The molecule has 0 saturated carbocycles. The number of rotatable bonds is 7. The van der Waals surface area contributed by atoms with Crippen LogP contribution in [0.1, 0.15) is 17.3 Å². The SMILES string of the molecule is CCOCCOC(=O)c1cc(S(=O)(=O)Cl)ccc1OC. The third kappa shape index (κ3) is 4.66. The number of ether oxygens (including phenoxy) is 3. The molecule has 0 aliphatic heterocycles. The Balaban J connectivity index is 2.93. The van der Waals surface area contributed by atoms with Crippen LogP contribution in [0.25, 0.3) is 0 Å². The highest BCUT2D eigenvalue weighted by Crippen LogP contribution is 2.25. The quantitative estimate of drug-likeness (QED) is 0.433. The Labute approximate surface area is 122 Å². The number of methoxy groups -OCH3 is 1. The van der Waals surface area contributed by atoms with Crippen LogP contribution >= 0.6 is 10.7 Å². The first-order valence-corrected chi connectivity index (χ1v) is 8.08. The van der Waals surface area contributed by atoms with Gasteiger partial charge < -0.3 is 14.2 Å². The molecule has 0 bridgehead atoms. The fraction of sp³-hybridized carbons (Fsp3) is 0.417. The van der Waals surface area contributed by atoms with E-state index in [2.05, 4.69) is 0 Å². The zero-order valence-electron chi connectivity index (χ0n) is 11.1. The molecule has 0 unspecified atom stereocenters. The third-order valence-corrected chi connectivity index (χ3v) is 3.69. The molecule has 0 aliphatic carbocycles. The molecule has 1 rings (SSSR count). The van der Waals surface area contributed by atoms with Gasteiger partial charge in [-0.15, -0.1) is 0 Å². The monoisotopic (exact) mass is 322 g/mol. The van der Waals surface area contributed by atoms with Crippen molar-refractivity contribution in [3.63, 3.8) is 0 Å². The minimum Gasteiger partial charge on any atom is -0.496 e. The fourth-order valence-electron chi connectivity index (χ4n) is 1.41. The lowest BCUT2D eigenvalue weighted by atomic mass is 10.2. The summed E-state index contributed by atoms with van der Waals surface area (Å²) in [6, 6.07) is 3.71. The van der Waals surface area contributed by atoms with E-state index < -0.39 is 15.0 Å². The van der Waals surface area contributed by atoms with Gasteiger partial charge in [0.2, 0.25) is 0 Å². The summed E-state index contributed by atoms with van der Waals surface area (Å²) < 4.78 is 37.5. The first kappa shape index (κ1) is 16.7. The van der Waals surface area contributed by atoms with E-state index in [9.17, 15) is 13.2 Å². The largest absolute Gasteiger partial charge is 0.496 e. The van der Waals surface area contributed by atoms with Gasteiger partial charge in [0.15, 0.2) is 0 Å². The van der Waals surface area contributed by atoms with Gasteiger partial charge in [0.1, 0.15) is 17.9 Å². The zero-order valence-corrected chi connectivity index (χ0v) is 12.7. The molecular weight excluding hydrogens is 308 g/mol. The summed E-state index contributed by atoms with van der Waals surface area (Å²) in [5.74, 6) is -0.501. The first-order valence-electron chi connectivity index (χ1n) is 5.77. The molecular formula is C12H15ClO6S. The van der Waals surface area contributed by atoms with Gasteiger partial charge in [-0.3, -0.25) is 0 Å². The van der Waals surface area contributed by atoms with Gasteiger partial charge >= 0.3 is 5.97 Å². The van der Waals surface area contributed by atoms with Crippen LogP contribution in [-0.2, 0) is 18.5 Å². The van der Waals surface area contributed by atoms with Gasteiger partial charge in [0.25, 0.3) is 9.05 Å². The highest BCUT2D eigenvalue weighted by atomic mass is 35.7. The minimum atomic E-state index is -3.93. The topological polar surface area (TPSA) is 78.9 Å². The van der Waals surface area contributed by atoms with Crippen molar-refractivity contribution in [3.05, 3.63) is 23.8 Å². The third-order valence-electron chi connectivity index (χ3n) is 2.34. The molecule has 1 aromatic carbocycles. The molecule has 6 nitrogen and oxygen atoms in total. The fourth-order valence-corrected chi connectivity index (χ4v) is 2.19. The molecule has 0 aromatic heterocycles. The van der Waals surface area contributed by atoms with Crippen molar-refractivity contribution in [1.82, 2.24) is 0 Å². The smallest absolute Gasteiger partial charge is 0.342 e. The number of carbonyl (C=O) groups is 1. The Hall–Kier alpha value is -1.31. The van der Waals surface area contributed by atoms with Gasteiger partial charge in [0, 0.05) is 17.3 Å². The van der Waals surface area contributed by atoms with Crippen LogP contribution in [0.15, 0.2) is 23.1 Å². The molecule has 0 amide bonds. The summed E-state index contributed by atoms with van der Waals surface area (Å²) >= 11 is 0. The van der Waals surface area contributed by atoms with Gasteiger partial charge in [-0.05, 0) is 25.1 Å². The number of hydrogen-bond acceptors (Lipinski definition) is 6. The van der Waals surface area contributed by atoms with Crippen molar-refractivity contribution in [3.8, 4) is 5.75 Å². The first-order chi connectivity index (χ1) is 9.40. The molecule has 1 aromatic rings. The Morgan fingerprint density at radius 2 is 2.00 bits per heavy atom. The van der Waals surface area contributed by atoms with E-state index in [1.807, 2.05) is 6.92 Å². The number of carbonyl (C=O) groups excluding carboxylic acids is 1. The normalized spacial score (nSPS) is 11.2. The van der Waals surface area contributed by atoms with E-state index in [0.717, 1.165) is 6.07 Å². The number of benzene rings is 1. The average molecular weight is 323 g/mol. The van der Waals surface area contributed by atoms with E-state index in [1.54, 1.807) is 0 Å². The zero-order chi connectivity index (χ0) is 15.2. The van der Waals surface area contributed by atoms with E-state index in [4.69, 9.17) is 24.9 Å². The van der Waals surface area contributed by atoms with E-state index in [1.165, 1.54) is 19.2 Å². The van der Waals surface area contributed by atoms with Crippen molar-refractivity contribution in [1.29, 1.82) is 0 Å². The highest BCUT2D eigenvalue weighted by molar-refractivity contribution is 8.13. The molecule has 0 N–H and O–H groups in total. The Kier molecular flexibility index (Phi) is 6.25. The lowest BCUT2D eigenvalue weighted by molar-refractivity contribution is 0.0332. The molecule has 0 atom stereocenters. The molecule has 112 valence electrons. The molecule has 0 spiro atoms. The summed E-state index contributed by atoms with van der Waals surface area (Å²) in [6.07, 6.45) is 0. The van der Waals surface area contributed by atoms with Gasteiger partial charge in [0.05, 0.1) is 18.6 Å².